The summed E-state index contributed by atoms with van der Waals surface area (Å²) in [6.07, 6.45) is 62.2. The number of carboxylic acids is 1. The van der Waals surface area contributed by atoms with Crippen LogP contribution in [0.5, 0.6) is 0 Å². The molecule has 0 saturated heterocycles. The number of hydrogen-bond acceptors (Lipinski definition) is 8. The Morgan fingerprint density at radius 1 is 0.449 bits per heavy atom. The fraction of sp³-hybridized carbons (Fsp3) is 0.750. The van der Waals surface area contributed by atoms with Crippen LogP contribution in [-0.4, -0.2) is 82.3 Å². The molecule has 0 radical (unpaired) electrons. The van der Waals surface area contributed by atoms with E-state index in [0.717, 1.165) is 77.0 Å². The van der Waals surface area contributed by atoms with E-state index < -0.39 is 24.3 Å². The van der Waals surface area contributed by atoms with Gasteiger partial charge in [-0.05, 0) is 83.5 Å². The highest BCUT2D eigenvalue weighted by Crippen LogP contribution is 2.15. The average Bonchev–Trinajstić information content (AvgIpc) is 3.31. The molecule has 0 aromatic rings. The van der Waals surface area contributed by atoms with E-state index in [4.69, 9.17) is 18.9 Å². The zero-order valence-corrected chi connectivity index (χ0v) is 45.2. The van der Waals surface area contributed by atoms with Crippen LogP contribution in [0, 0.1) is 0 Å². The fourth-order valence-corrected chi connectivity index (χ4v) is 7.62. The number of ether oxygens (including phenoxy) is 4. The number of hydrogen-bond donors (Lipinski definition) is 0. The Labute approximate surface area is 424 Å². The number of aliphatic carboxylic acids is 1. The molecule has 9 heteroatoms. The van der Waals surface area contributed by atoms with Gasteiger partial charge in [-0.25, -0.2) is 0 Å². The van der Waals surface area contributed by atoms with Crippen LogP contribution < -0.4 is 5.11 Å². The summed E-state index contributed by atoms with van der Waals surface area (Å²) < 4.78 is 22.7. The molecule has 69 heavy (non-hydrogen) atoms. The lowest BCUT2D eigenvalue weighted by molar-refractivity contribution is -0.870. The molecule has 0 aliphatic carbocycles. The molecule has 0 aromatic carbocycles. The summed E-state index contributed by atoms with van der Waals surface area (Å²) >= 11 is 0. The first-order valence-electron chi connectivity index (χ1n) is 28.1. The van der Waals surface area contributed by atoms with Gasteiger partial charge in [-0.2, -0.15) is 0 Å². The minimum absolute atomic E-state index is 0.144. The summed E-state index contributed by atoms with van der Waals surface area (Å²) in [7, 11) is 5.91. The van der Waals surface area contributed by atoms with Gasteiger partial charge in [-0.15, -0.1) is 0 Å². The zero-order valence-electron chi connectivity index (χ0n) is 45.2. The average molecular weight is 968 g/mol. The lowest BCUT2D eigenvalue weighted by Gasteiger charge is -2.26. The van der Waals surface area contributed by atoms with Gasteiger partial charge in [0.15, 0.2) is 12.4 Å². The summed E-state index contributed by atoms with van der Waals surface area (Å²) in [5.74, 6) is -2.29. The van der Waals surface area contributed by atoms with Crippen LogP contribution in [0.3, 0.4) is 0 Å². The van der Waals surface area contributed by atoms with Gasteiger partial charge in [0.1, 0.15) is 13.2 Å². The highest BCUT2D eigenvalue weighted by atomic mass is 16.7. The number of unbranched alkanes of at least 4 members (excludes halogenated alkanes) is 24. The van der Waals surface area contributed by atoms with Crippen LogP contribution in [0.2, 0.25) is 0 Å². The summed E-state index contributed by atoms with van der Waals surface area (Å²) in [6.45, 7) is 4.63. The molecule has 0 spiro atoms. The van der Waals surface area contributed by atoms with Gasteiger partial charge in [0.2, 0.25) is 0 Å². The number of allylic oxidation sites excluding steroid dienone is 12. The largest absolute Gasteiger partial charge is 0.545 e. The van der Waals surface area contributed by atoms with Crippen LogP contribution >= 0.6 is 0 Å². The van der Waals surface area contributed by atoms with Crippen molar-refractivity contribution in [3.8, 4) is 0 Å². The van der Waals surface area contributed by atoms with Crippen LogP contribution in [0.4, 0.5) is 0 Å². The number of rotatable bonds is 51. The minimum Gasteiger partial charge on any atom is -0.545 e. The predicted molar refractivity (Wildman–Crippen MR) is 288 cm³/mol. The second-order valence-corrected chi connectivity index (χ2v) is 19.8. The molecule has 0 aromatic heterocycles. The Morgan fingerprint density at radius 3 is 1.25 bits per heavy atom. The number of likely N-dealkylation sites (N-methyl/N-ethyl adjacent to an activating group) is 1. The van der Waals surface area contributed by atoms with E-state index >= 15 is 0 Å². The van der Waals surface area contributed by atoms with Gasteiger partial charge in [0.05, 0.1) is 40.3 Å². The summed E-state index contributed by atoms with van der Waals surface area (Å²) in [5.41, 5.74) is 0. The maximum Gasteiger partial charge on any atom is 0.306 e. The number of esters is 2. The highest BCUT2D eigenvalue weighted by molar-refractivity contribution is 5.70. The van der Waals surface area contributed by atoms with E-state index in [1.807, 2.05) is 21.1 Å². The molecule has 2 unspecified atom stereocenters. The fourth-order valence-electron chi connectivity index (χ4n) is 7.62. The monoisotopic (exact) mass is 968 g/mol. The van der Waals surface area contributed by atoms with Gasteiger partial charge >= 0.3 is 11.9 Å². The van der Waals surface area contributed by atoms with Crippen molar-refractivity contribution in [2.24, 2.45) is 0 Å². The topological polar surface area (TPSA) is 111 Å². The van der Waals surface area contributed by atoms with Crippen molar-refractivity contribution in [1.82, 2.24) is 0 Å². The van der Waals surface area contributed by atoms with Crippen molar-refractivity contribution in [1.29, 1.82) is 0 Å². The Bertz CT molecular complexity index is 1360. The van der Waals surface area contributed by atoms with Crippen molar-refractivity contribution < 1.29 is 42.9 Å². The number of carbonyl (C=O) groups excluding carboxylic acids is 3. The van der Waals surface area contributed by atoms with Gasteiger partial charge < -0.3 is 33.3 Å². The summed E-state index contributed by atoms with van der Waals surface area (Å²) in [4.78, 5) is 37.3. The predicted octanol–water partition coefficient (Wildman–Crippen LogP) is 14.9. The Balaban J connectivity index is 4.30. The molecule has 2 atom stereocenters. The third kappa shape index (κ3) is 52.4. The normalized spacial score (nSPS) is 13.3. The van der Waals surface area contributed by atoms with Crippen LogP contribution in [0.15, 0.2) is 72.9 Å². The molecular weight excluding hydrogens is 863 g/mol. The van der Waals surface area contributed by atoms with Crippen molar-refractivity contribution in [3.63, 3.8) is 0 Å². The quantitative estimate of drug-likeness (QED) is 0.0195. The van der Waals surface area contributed by atoms with Gasteiger partial charge in [0, 0.05) is 12.8 Å². The summed E-state index contributed by atoms with van der Waals surface area (Å²) in [6, 6.07) is 0. The van der Waals surface area contributed by atoms with Crippen molar-refractivity contribution in [3.05, 3.63) is 72.9 Å². The van der Waals surface area contributed by atoms with E-state index in [9.17, 15) is 19.5 Å². The first kappa shape index (κ1) is 65.7. The zero-order chi connectivity index (χ0) is 50.6. The standard InChI is InChI=1S/C60H105NO8/c1-6-8-10-12-14-16-18-20-22-24-26-27-28-29-30-31-33-35-37-39-41-43-45-47-49-51-58(63)69-56(55-68-60(59(64)65)66-53-52-61(3,4)5)54-67-57(62)50-48-46-44-42-40-38-36-34-32-25-23-21-19-17-15-13-11-9-7-2/h8,10,14,16,20-23,26-27,29-30,56,60H,6-7,9,11-13,15,17-19,24-25,28,31-55H2,1-5H3/b10-8-,16-14-,22-20-,23-21-,27-26-,30-29-. The second-order valence-electron chi connectivity index (χ2n) is 19.8. The third-order valence-electron chi connectivity index (χ3n) is 11.9. The lowest BCUT2D eigenvalue weighted by Crippen LogP contribution is -2.44. The van der Waals surface area contributed by atoms with Crippen LogP contribution in [0.1, 0.15) is 232 Å². The number of nitrogens with zero attached hydrogens (tertiary/aromatic N) is 1. The molecule has 0 N–H and O–H groups in total. The molecule has 398 valence electrons. The molecule has 0 fully saturated rings. The smallest absolute Gasteiger partial charge is 0.306 e. The van der Waals surface area contributed by atoms with Crippen molar-refractivity contribution in [2.45, 2.75) is 245 Å². The molecule has 0 aliphatic heterocycles. The molecule has 9 nitrogen and oxygen atoms in total. The lowest BCUT2D eigenvalue weighted by atomic mass is 10.1. The molecule has 0 bridgehead atoms. The SMILES string of the molecule is CC/C=C\C/C=C\C/C=C\C/C=C\C/C=C\CCCCCCCCCCCC(=O)OC(COC(=O)CCCCCCCCCCC/C=C\CCCCCCCC)COC(OCC[N+](C)(C)C)C(=O)[O-]. The molecule has 0 aliphatic rings. The van der Waals surface area contributed by atoms with E-state index in [2.05, 4.69) is 86.8 Å². The number of carbonyl (C=O) groups is 3. The van der Waals surface area contributed by atoms with Crippen LogP contribution in [-0.2, 0) is 33.3 Å². The highest BCUT2D eigenvalue weighted by Gasteiger charge is 2.22. The molecule has 0 saturated carbocycles. The van der Waals surface area contributed by atoms with Gasteiger partial charge in [-0.1, -0.05) is 209 Å². The number of quaternary nitrogens is 1. The number of carboxylic acid groups (broad SMARTS) is 1. The third-order valence-corrected chi connectivity index (χ3v) is 11.9. The van der Waals surface area contributed by atoms with Crippen LogP contribution in [0.25, 0.3) is 0 Å². The molecule has 0 rings (SSSR count). The molecular formula is C60H105NO8. The summed E-state index contributed by atoms with van der Waals surface area (Å²) in [5, 5.41) is 11.8. The molecule has 0 amide bonds. The first-order chi connectivity index (χ1) is 33.6. The van der Waals surface area contributed by atoms with Gasteiger partial charge in [-0.3, -0.25) is 9.59 Å². The Hall–Kier alpha value is -3.27. The Kier molecular flexibility index (Phi) is 48.7. The first-order valence-corrected chi connectivity index (χ1v) is 28.1. The second kappa shape index (κ2) is 51.1. The van der Waals surface area contributed by atoms with Crippen molar-refractivity contribution >= 4 is 17.9 Å². The maximum absolute atomic E-state index is 12.9. The van der Waals surface area contributed by atoms with E-state index in [1.165, 1.54) is 122 Å². The van der Waals surface area contributed by atoms with E-state index in [1.54, 1.807) is 0 Å². The minimum atomic E-state index is -1.63. The van der Waals surface area contributed by atoms with Crippen molar-refractivity contribution in [2.75, 3.05) is 47.5 Å². The molecule has 0 heterocycles. The van der Waals surface area contributed by atoms with E-state index in [0.29, 0.717) is 17.4 Å². The Morgan fingerprint density at radius 2 is 0.826 bits per heavy atom. The maximum atomic E-state index is 12.9. The van der Waals surface area contributed by atoms with Gasteiger partial charge in [0.25, 0.3) is 0 Å². The van der Waals surface area contributed by atoms with E-state index in [-0.39, 0.29) is 38.6 Å².